The van der Waals surface area contributed by atoms with Crippen molar-refractivity contribution in [2.24, 2.45) is 0 Å². The fourth-order valence-electron chi connectivity index (χ4n) is 3.41. The van der Waals surface area contributed by atoms with Gasteiger partial charge in [0.2, 0.25) is 0 Å². The van der Waals surface area contributed by atoms with E-state index in [0.717, 1.165) is 12.4 Å². The molecule has 0 aliphatic carbocycles. The molecule has 4 aromatic rings. The minimum Gasteiger partial charge on any atom is -0.489 e. The van der Waals surface area contributed by atoms with Crippen LogP contribution in [0.3, 0.4) is 0 Å². The lowest BCUT2D eigenvalue weighted by molar-refractivity contribution is -0.137. The second-order valence-corrected chi connectivity index (χ2v) is 7.38. The zero-order valence-corrected chi connectivity index (χ0v) is 17.0. The molecular formula is C22H11ClF6N2O2. The summed E-state index contributed by atoms with van der Waals surface area (Å²) >= 11 is 5.77. The van der Waals surface area contributed by atoms with Crippen LogP contribution >= 0.6 is 11.6 Å². The molecule has 0 aliphatic rings. The average Bonchev–Trinajstić information content (AvgIpc) is 2.75. The maximum absolute atomic E-state index is 14.1. The Hall–Kier alpha value is -3.40. The van der Waals surface area contributed by atoms with Crippen LogP contribution in [0.15, 0.2) is 54.9 Å². The number of alkyl halides is 6. The van der Waals surface area contributed by atoms with Gasteiger partial charge < -0.3 is 4.74 Å². The normalized spacial score (nSPS) is 12.3. The molecule has 0 aliphatic heterocycles. The Kier molecular flexibility index (Phi) is 5.65. The van der Waals surface area contributed by atoms with Gasteiger partial charge in [-0.05, 0) is 42.5 Å². The highest BCUT2D eigenvalue weighted by Crippen LogP contribution is 2.40. The Morgan fingerprint density at radius 1 is 0.939 bits per heavy atom. The SMILES string of the molecule is O=C(c1cc2c(C(F)(F)F)c(COc3ccc(Cl)cc3)cnc2c2cccnc12)C(F)(F)F. The monoisotopic (exact) mass is 484 g/mol. The van der Waals surface area contributed by atoms with Gasteiger partial charge in [0.15, 0.2) is 0 Å². The fourth-order valence-corrected chi connectivity index (χ4v) is 3.53. The molecule has 0 spiro atoms. The molecular weight excluding hydrogens is 474 g/mol. The predicted octanol–water partition coefficient (Wildman–Crippen LogP) is 6.78. The minimum atomic E-state index is -5.31. The van der Waals surface area contributed by atoms with Crippen molar-refractivity contribution < 1.29 is 35.9 Å². The zero-order valence-electron chi connectivity index (χ0n) is 16.3. The van der Waals surface area contributed by atoms with Gasteiger partial charge >= 0.3 is 12.4 Å². The third-order valence-corrected chi connectivity index (χ3v) is 5.05. The first-order valence-electron chi connectivity index (χ1n) is 9.23. The minimum absolute atomic E-state index is 0.113. The Balaban J connectivity index is 1.95. The molecule has 0 amide bonds. The van der Waals surface area contributed by atoms with Gasteiger partial charge in [-0.25, -0.2) is 0 Å². The molecule has 0 radical (unpaired) electrons. The van der Waals surface area contributed by atoms with E-state index in [1.807, 2.05) is 0 Å². The molecule has 0 bridgehead atoms. The van der Waals surface area contributed by atoms with Crippen LogP contribution in [0.2, 0.25) is 5.02 Å². The molecule has 2 aromatic heterocycles. The van der Waals surface area contributed by atoms with Crippen molar-refractivity contribution in [3.05, 3.63) is 76.6 Å². The van der Waals surface area contributed by atoms with E-state index in [4.69, 9.17) is 16.3 Å². The number of pyridine rings is 2. The van der Waals surface area contributed by atoms with Gasteiger partial charge in [-0.1, -0.05) is 11.6 Å². The molecule has 11 heteroatoms. The lowest BCUT2D eigenvalue weighted by atomic mass is 9.96. The second kappa shape index (κ2) is 8.18. The number of hydrogen-bond acceptors (Lipinski definition) is 4. The number of fused-ring (bicyclic) bond motifs is 3. The molecule has 2 heterocycles. The van der Waals surface area contributed by atoms with Gasteiger partial charge in [0.1, 0.15) is 12.4 Å². The molecule has 4 rings (SSSR count). The maximum Gasteiger partial charge on any atom is 0.454 e. The first-order valence-corrected chi connectivity index (χ1v) is 9.61. The van der Waals surface area contributed by atoms with Crippen molar-refractivity contribution in [2.45, 2.75) is 19.0 Å². The highest BCUT2D eigenvalue weighted by Gasteiger charge is 2.42. The second-order valence-electron chi connectivity index (χ2n) is 6.95. The Morgan fingerprint density at radius 2 is 1.64 bits per heavy atom. The molecule has 0 atom stereocenters. The van der Waals surface area contributed by atoms with Crippen molar-refractivity contribution in [1.29, 1.82) is 0 Å². The topological polar surface area (TPSA) is 52.1 Å². The average molecular weight is 485 g/mol. The van der Waals surface area contributed by atoms with Gasteiger partial charge in [-0.2, -0.15) is 26.3 Å². The van der Waals surface area contributed by atoms with E-state index in [0.29, 0.717) is 11.1 Å². The third kappa shape index (κ3) is 4.43. The number of carbonyl (C=O) groups excluding carboxylic acids is 1. The maximum atomic E-state index is 14.1. The standard InChI is InChI=1S/C22H11ClF6N2O2/c23-12-3-5-13(6-4-12)33-10-11-9-31-18-14-2-1-7-30-19(14)16(20(32)22(27,28)29)8-15(18)17(11)21(24,25)26/h1-9H,10H2. The Bertz CT molecular complexity index is 1370. The number of ketones is 1. The van der Waals surface area contributed by atoms with Crippen LogP contribution in [0.25, 0.3) is 21.8 Å². The summed E-state index contributed by atoms with van der Waals surface area (Å²) in [5.74, 6) is -2.08. The van der Waals surface area contributed by atoms with Crippen molar-refractivity contribution >= 4 is 39.2 Å². The van der Waals surface area contributed by atoms with Crippen molar-refractivity contribution in [2.75, 3.05) is 0 Å². The number of nitrogens with zero attached hydrogens (tertiary/aromatic N) is 2. The lowest BCUT2D eigenvalue weighted by Gasteiger charge is -2.18. The number of carbonyl (C=O) groups is 1. The van der Waals surface area contributed by atoms with Crippen LogP contribution in [0.5, 0.6) is 5.75 Å². The molecule has 4 nitrogen and oxygen atoms in total. The summed E-state index contributed by atoms with van der Waals surface area (Å²) in [6.07, 6.45) is -8.20. The summed E-state index contributed by atoms with van der Waals surface area (Å²) in [6, 6.07) is 8.99. The van der Waals surface area contributed by atoms with Crippen molar-refractivity contribution in [3.63, 3.8) is 0 Å². The van der Waals surface area contributed by atoms with E-state index in [-0.39, 0.29) is 16.7 Å². The van der Waals surface area contributed by atoms with E-state index in [1.165, 1.54) is 36.4 Å². The van der Waals surface area contributed by atoms with E-state index in [9.17, 15) is 31.1 Å². The number of benzene rings is 2. The quantitative estimate of drug-likeness (QED) is 0.182. The van der Waals surface area contributed by atoms with E-state index < -0.39 is 52.3 Å². The number of aromatic nitrogens is 2. The Morgan fingerprint density at radius 3 is 2.27 bits per heavy atom. The first kappa shape index (κ1) is 22.8. The largest absolute Gasteiger partial charge is 0.489 e. The molecule has 0 N–H and O–H groups in total. The van der Waals surface area contributed by atoms with Gasteiger partial charge in [0, 0.05) is 33.8 Å². The highest BCUT2D eigenvalue weighted by atomic mass is 35.5. The third-order valence-electron chi connectivity index (χ3n) is 4.80. The number of halogens is 7. The predicted molar refractivity (Wildman–Crippen MR) is 108 cm³/mol. The lowest BCUT2D eigenvalue weighted by Crippen LogP contribution is -2.23. The smallest absolute Gasteiger partial charge is 0.454 e. The summed E-state index contributed by atoms with van der Waals surface area (Å²) in [5, 5.41) is -0.376. The molecule has 0 fully saturated rings. The van der Waals surface area contributed by atoms with Gasteiger partial charge in [-0.3, -0.25) is 14.8 Å². The summed E-state index contributed by atoms with van der Waals surface area (Å²) < 4.78 is 87.2. The molecule has 0 unspecified atom stereocenters. The summed E-state index contributed by atoms with van der Waals surface area (Å²) in [7, 11) is 0. The van der Waals surface area contributed by atoms with Crippen LogP contribution < -0.4 is 4.74 Å². The zero-order chi connectivity index (χ0) is 24.0. The molecule has 170 valence electrons. The highest BCUT2D eigenvalue weighted by molar-refractivity contribution is 6.30. The van der Waals surface area contributed by atoms with E-state index >= 15 is 0 Å². The molecule has 0 saturated heterocycles. The van der Waals surface area contributed by atoms with E-state index in [2.05, 4.69) is 9.97 Å². The van der Waals surface area contributed by atoms with E-state index in [1.54, 1.807) is 0 Å². The first-order chi connectivity index (χ1) is 15.5. The van der Waals surface area contributed by atoms with Gasteiger partial charge in [0.05, 0.1) is 22.2 Å². The Labute approximate surface area is 186 Å². The number of rotatable bonds is 4. The summed E-state index contributed by atoms with van der Waals surface area (Å²) in [4.78, 5) is 19.8. The van der Waals surface area contributed by atoms with Crippen LogP contribution in [0.4, 0.5) is 26.3 Å². The molecule has 2 aromatic carbocycles. The molecule has 33 heavy (non-hydrogen) atoms. The van der Waals surface area contributed by atoms with Crippen LogP contribution in [0, 0.1) is 0 Å². The van der Waals surface area contributed by atoms with Gasteiger partial charge in [0.25, 0.3) is 5.78 Å². The van der Waals surface area contributed by atoms with Crippen molar-refractivity contribution in [1.82, 2.24) is 9.97 Å². The van der Waals surface area contributed by atoms with Crippen molar-refractivity contribution in [3.8, 4) is 5.75 Å². The van der Waals surface area contributed by atoms with Crippen LogP contribution in [-0.2, 0) is 12.8 Å². The number of hydrogen-bond donors (Lipinski definition) is 0. The summed E-state index contributed by atoms with van der Waals surface area (Å²) in [5.41, 5.74) is -3.28. The van der Waals surface area contributed by atoms with Crippen LogP contribution in [0.1, 0.15) is 21.5 Å². The number of ether oxygens (including phenoxy) is 1. The summed E-state index contributed by atoms with van der Waals surface area (Å²) in [6.45, 7) is -0.576. The molecule has 0 saturated carbocycles. The fraction of sp³-hybridized carbons (Fsp3) is 0.136. The van der Waals surface area contributed by atoms with Crippen LogP contribution in [-0.4, -0.2) is 21.9 Å². The van der Waals surface area contributed by atoms with Gasteiger partial charge in [-0.15, -0.1) is 0 Å². The number of Topliss-reactive ketones (excluding diaryl/α,β-unsaturated/α-hetero) is 1.